The summed E-state index contributed by atoms with van der Waals surface area (Å²) in [6, 6.07) is 7.50. The first-order chi connectivity index (χ1) is 10.9. The lowest BCUT2D eigenvalue weighted by Gasteiger charge is -2.39. The summed E-state index contributed by atoms with van der Waals surface area (Å²) in [6.45, 7) is 8.28. The summed E-state index contributed by atoms with van der Waals surface area (Å²) >= 11 is 0. The third-order valence-corrected chi connectivity index (χ3v) is 4.15. The van der Waals surface area contributed by atoms with Crippen LogP contribution in [0.3, 0.4) is 0 Å². The average molecular weight is 314 g/mol. The van der Waals surface area contributed by atoms with Crippen LogP contribution >= 0.6 is 0 Å². The topological polar surface area (TPSA) is 60.2 Å². The Morgan fingerprint density at radius 3 is 2.43 bits per heavy atom. The van der Waals surface area contributed by atoms with E-state index < -0.39 is 0 Å². The van der Waals surface area contributed by atoms with E-state index in [9.17, 15) is 4.79 Å². The molecule has 122 valence electrons. The van der Waals surface area contributed by atoms with E-state index in [2.05, 4.69) is 31.0 Å². The van der Waals surface area contributed by atoms with E-state index in [4.69, 9.17) is 4.74 Å². The molecule has 0 spiro atoms. The van der Waals surface area contributed by atoms with Gasteiger partial charge in [-0.3, -0.25) is 9.36 Å². The van der Waals surface area contributed by atoms with Crippen LogP contribution in [0.5, 0.6) is 0 Å². The Hall–Kier alpha value is -2.21. The first-order valence-electron chi connectivity index (χ1n) is 7.81. The van der Waals surface area contributed by atoms with Gasteiger partial charge in [-0.05, 0) is 29.7 Å². The Balaban J connectivity index is 1.72. The van der Waals surface area contributed by atoms with Crippen molar-refractivity contribution in [1.82, 2.24) is 19.7 Å². The summed E-state index contributed by atoms with van der Waals surface area (Å²) < 4.78 is 7.62. The molecule has 1 fully saturated rings. The van der Waals surface area contributed by atoms with E-state index in [1.807, 2.05) is 29.2 Å². The van der Waals surface area contributed by atoms with Gasteiger partial charge in [-0.15, -0.1) is 10.2 Å². The summed E-state index contributed by atoms with van der Waals surface area (Å²) in [7, 11) is 0. The molecule has 1 aromatic carbocycles. The number of hydrogen-bond donors (Lipinski definition) is 0. The summed E-state index contributed by atoms with van der Waals surface area (Å²) in [6.07, 6.45) is 3.33. The maximum atomic E-state index is 12.7. The normalized spacial score (nSPS) is 18.9. The second-order valence-corrected chi connectivity index (χ2v) is 6.89. The molecule has 1 unspecified atom stereocenters. The van der Waals surface area contributed by atoms with Crippen LogP contribution in [-0.4, -0.2) is 51.4 Å². The molecule has 1 aliphatic rings. The van der Waals surface area contributed by atoms with Crippen LogP contribution in [0.4, 0.5) is 0 Å². The van der Waals surface area contributed by atoms with E-state index >= 15 is 0 Å². The fraction of sp³-hybridized carbons (Fsp3) is 0.471. The van der Waals surface area contributed by atoms with E-state index in [1.54, 1.807) is 17.2 Å². The zero-order valence-corrected chi connectivity index (χ0v) is 13.8. The summed E-state index contributed by atoms with van der Waals surface area (Å²) in [5.74, 6) is 0.0536. The van der Waals surface area contributed by atoms with E-state index in [-0.39, 0.29) is 17.4 Å². The number of nitrogens with zero attached hydrogens (tertiary/aromatic N) is 4. The van der Waals surface area contributed by atoms with Gasteiger partial charge in [-0.2, -0.15) is 0 Å². The third kappa shape index (κ3) is 3.42. The molecule has 23 heavy (non-hydrogen) atoms. The third-order valence-electron chi connectivity index (χ3n) is 4.15. The van der Waals surface area contributed by atoms with Gasteiger partial charge in [-0.25, -0.2) is 0 Å². The molecular weight excluding hydrogens is 292 g/mol. The molecule has 2 aromatic rings. The van der Waals surface area contributed by atoms with Crippen molar-refractivity contribution in [3.05, 3.63) is 42.5 Å². The van der Waals surface area contributed by atoms with Gasteiger partial charge in [0.05, 0.1) is 12.7 Å². The number of aromatic nitrogens is 3. The first kappa shape index (κ1) is 15.7. The Morgan fingerprint density at radius 1 is 1.17 bits per heavy atom. The Morgan fingerprint density at radius 2 is 1.83 bits per heavy atom. The fourth-order valence-electron chi connectivity index (χ4n) is 2.65. The second kappa shape index (κ2) is 6.12. The van der Waals surface area contributed by atoms with Crippen molar-refractivity contribution in [3.63, 3.8) is 0 Å². The summed E-state index contributed by atoms with van der Waals surface area (Å²) in [5.41, 5.74) is 1.65. The van der Waals surface area contributed by atoms with E-state index in [1.165, 1.54) is 0 Å². The average Bonchev–Trinajstić information content (AvgIpc) is 3.08. The van der Waals surface area contributed by atoms with Gasteiger partial charge < -0.3 is 9.64 Å². The maximum Gasteiger partial charge on any atom is 0.254 e. The quantitative estimate of drug-likeness (QED) is 0.852. The van der Waals surface area contributed by atoms with Gasteiger partial charge in [0, 0.05) is 24.3 Å². The maximum absolute atomic E-state index is 12.7. The van der Waals surface area contributed by atoms with Crippen LogP contribution in [0.2, 0.25) is 0 Å². The summed E-state index contributed by atoms with van der Waals surface area (Å²) in [5, 5.41) is 7.57. The van der Waals surface area contributed by atoms with Gasteiger partial charge in [0.1, 0.15) is 12.7 Å². The van der Waals surface area contributed by atoms with E-state index in [0.29, 0.717) is 25.3 Å². The second-order valence-electron chi connectivity index (χ2n) is 6.89. The number of morpholine rings is 1. The molecular formula is C17H22N4O2. The number of benzene rings is 1. The molecule has 0 bridgehead atoms. The number of carbonyl (C=O) groups is 1. The van der Waals surface area contributed by atoms with Crippen LogP contribution in [0.25, 0.3) is 5.69 Å². The van der Waals surface area contributed by atoms with Crippen molar-refractivity contribution in [2.45, 2.75) is 26.9 Å². The molecule has 0 N–H and O–H groups in total. The molecule has 3 rings (SSSR count). The van der Waals surface area contributed by atoms with Gasteiger partial charge in [-0.1, -0.05) is 20.8 Å². The van der Waals surface area contributed by atoms with Gasteiger partial charge in [0.15, 0.2) is 0 Å². The molecule has 6 heteroatoms. The predicted molar refractivity (Wildman–Crippen MR) is 86.5 cm³/mol. The monoisotopic (exact) mass is 314 g/mol. The van der Waals surface area contributed by atoms with Crippen LogP contribution < -0.4 is 0 Å². The molecule has 1 aromatic heterocycles. The summed E-state index contributed by atoms with van der Waals surface area (Å²) in [4.78, 5) is 14.6. The number of ether oxygens (including phenoxy) is 1. The number of rotatable bonds is 2. The van der Waals surface area contributed by atoms with Crippen molar-refractivity contribution in [2.24, 2.45) is 5.41 Å². The van der Waals surface area contributed by atoms with Crippen molar-refractivity contribution >= 4 is 5.91 Å². The minimum atomic E-state index is 0.0250. The highest BCUT2D eigenvalue weighted by atomic mass is 16.5. The lowest BCUT2D eigenvalue weighted by Crippen LogP contribution is -2.50. The molecule has 1 amide bonds. The highest BCUT2D eigenvalue weighted by Gasteiger charge is 2.32. The van der Waals surface area contributed by atoms with Crippen LogP contribution in [0.1, 0.15) is 31.1 Å². The SMILES string of the molecule is CC(C)(C)C1CN(C(=O)c2ccc(-n3cnnc3)cc2)CCO1. The molecule has 1 aliphatic heterocycles. The largest absolute Gasteiger partial charge is 0.374 e. The van der Waals surface area contributed by atoms with Gasteiger partial charge in [0.25, 0.3) is 5.91 Å². The highest BCUT2D eigenvalue weighted by Crippen LogP contribution is 2.26. The molecule has 0 radical (unpaired) electrons. The lowest BCUT2D eigenvalue weighted by atomic mass is 9.88. The first-order valence-corrected chi connectivity index (χ1v) is 7.81. The molecule has 1 atom stereocenters. The highest BCUT2D eigenvalue weighted by molar-refractivity contribution is 5.94. The molecule has 0 aliphatic carbocycles. The molecule has 6 nitrogen and oxygen atoms in total. The standard InChI is InChI=1S/C17H22N4O2/c1-17(2,3)15-10-20(8-9-23-15)16(22)13-4-6-14(7-5-13)21-11-18-19-12-21/h4-7,11-12,15H,8-10H2,1-3H3. The van der Waals surface area contributed by atoms with Crippen LogP contribution in [-0.2, 0) is 4.74 Å². The number of amides is 1. The van der Waals surface area contributed by atoms with Crippen molar-refractivity contribution in [3.8, 4) is 5.69 Å². The zero-order chi connectivity index (χ0) is 16.4. The zero-order valence-electron chi connectivity index (χ0n) is 13.8. The Kier molecular flexibility index (Phi) is 4.17. The minimum Gasteiger partial charge on any atom is -0.374 e. The number of hydrogen-bond acceptors (Lipinski definition) is 4. The molecule has 2 heterocycles. The van der Waals surface area contributed by atoms with Crippen molar-refractivity contribution < 1.29 is 9.53 Å². The predicted octanol–water partition coefficient (Wildman–Crippen LogP) is 2.15. The van der Waals surface area contributed by atoms with Crippen LogP contribution in [0.15, 0.2) is 36.9 Å². The molecule has 1 saturated heterocycles. The molecule has 0 saturated carbocycles. The number of carbonyl (C=O) groups excluding carboxylic acids is 1. The fourth-order valence-corrected chi connectivity index (χ4v) is 2.65. The minimum absolute atomic E-state index is 0.0250. The van der Waals surface area contributed by atoms with Gasteiger partial charge in [0.2, 0.25) is 0 Å². The van der Waals surface area contributed by atoms with Crippen molar-refractivity contribution in [1.29, 1.82) is 0 Å². The Labute approximate surface area is 136 Å². The lowest BCUT2D eigenvalue weighted by molar-refractivity contribution is -0.0706. The van der Waals surface area contributed by atoms with E-state index in [0.717, 1.165) is 5.69 Å². The van der Waals surface area contributed by atoms with Crippen LogP contribution in [0, 0.1) is 5.41 Å². The van der Waals surface area contributed by atoms with Crippen molar-refractivity contribution in [2.75, 3.05) is 19.7 Å². The smallest absolute Gasteiger partial charge is 0.254 e. The Bertz CT molecular complexity index is 659. The van der Waals surface area contributed by atoms with Gasteiger partial charge >= 0.3 is 0 Å².